The first-order valence-corrected chi connectivity index (χ1v) is 7.33. The van der Waals surface area contributed by atoms with E-state index in [4.69, 9.17) is 9.26 Å². The fourth-order valence-electron chi connectivity index (χ4n) is 1.98. The van der Waals surface area contributed by atoms with Crippen LogP contribution in [0.15, 0.2) is 28.8 Å². The summed E-state index contributed by atoms with van der Waals surface area (Å²) >= 11 is 0. The van der Waals surface area contributed by atoms with Gasteiger partial charge in [0.25, 0.3) is 11.6 Å². The van der Waals surface area contributed by atoms with Crippen molar-refractivity contribution in [2.24, 2.45) is 5.92 Å². The van der Waals surface area contributed by atoms with Crippen LogP contribution in [-0.4, -0.2) is 27.6 Å². The Kier molecular flexibility index (Phi) is 5.46. The summed E-state index contributed by atoms with van der Waals surface area (Å²) in [5.41, 5.74) is -0.0431. The summed E-state index contributed by atoms with van der Waals surface area (Å²) in [5.74, 6) is 0.889. The van der Waals surface area contributed by atoms with Crippen LogP contribution in [0.5, 0.6) is 5.75 Å². The molecule has 24 heavy (non-hydrogen) atoms. The topological polar surface area (TPSA) is 120 Å². The van der Waals surface area contributed by atoms with Gasteiger partial charge in [0.15, 0.2) is 12.4 Å². The number of hydrogen-bond acceptors (Lipinski definition) is 7. The lowest BCUT2D eigenvalue weighted by Crippen LogP contribution is -2.35. The van der Waals surface area contributed by atoms with E-state index in [-0.39, 0.29) is 24.1 Å². The van der Waals surface area contributed by atoms with Crippen molar-refractivity contribution in [2.75, 3.05) is 6.61 Å². The summed E-state index contributed by atoms with van der Waals surface area (Å²) in [5, 5.41) is 17.1. The molecular formula is C15H18N4O5. The molecule has 0 fully saturated rings. The number of amides is 1. The molecule has 0 bridgehead atoms. The van der Waals surface area contributed by atoms with Crippen LogP contribution in [-0.2, 0) is 4.79 Å². The summed E-state index contributed by atoms with van der Waals surface area (Å²) in [6, 6.07) is 5.08. The molecule has 0 saturated heterocycles. The quantitative estimate of drug-likeness (QED) is 0.608. The largest absolute Gasteiger partial charge is 0.484 e. The number of nitro benzene ring substituents is 1. The number of hydrogen-bond donors (Lipinski definition) is 1. The van der Waals surface area contributed by atoms with Crippen LogP contribution in [0.2, 0.25) is 0 Å². The van der Waals surface area contributed by atoms with Gasteiger partial charge in [-0.25, -0.2) is 0 Å². The first-order chi connectivity index (χ1) is 11.4. The standard InChI is InChI=1S/C15H18N4O5/c1-9(2)14(15-16-10(3)18-24-15)17-13(20)8-23-12-6-4-11(5-7-12)19(21)22/h4-7,9,14H,8H2,1-3H3,(H,17,20). The third kappa shape index (κ3) is 4.51. The van der Waals surface area contributed by atoms with Crippen molar-refractivity contribution in [3.05, 3.63) is 46.1 Å². The number of carbonyl (C=O) groups excluding carboxylic acids is 1. The Morgan fingerprint density at radius 3 is 2.54 bits per heavy atom. The lowest BCUT2D eigenvalue weighted by atomic mass is 10.0. The SMILES string of the molecule is Cc1noc(C(NC(=O)COc2ccc([N+](=O)[O-])cc2)C(C)C)n1. The second-order valence-electron chi connectivity index (χ2n) is 5.51. The molecule has 0 saturated carbocycles. The molecule has 0 aliphatic carbocycles. The van der Waals surface area contributed by atoms with Crippen LogP contribution >= 0.6 is 0 Å². The van der Waals surface area contributed by atoms with Gasteiger partial charge in [-0.05, 0) is 25.0 Å². The van der Waals surface area contributed by atoms with Crippen molar-refractivity contribution in [1.82, 2.24) is 15.5 Å². The zero-order chi connectivity index (χ0) is 17.7. The summed E-state index contributed by atoms with van der Waals surface area (Å²) in [6.07, 6.45) is 0. The molecular weight excluding hydrogens is 316 g/mol. The lowest BCUT2D eigenvalue weighted by molar-refractivity contribution is -0.384. The van der Waals surface area contributed by atoms with Crippen LogP contribution in [0, 0.1) is 23.0 Å². The second kappa shape index (κ2) is 7.53. The van der Waals surface area contributed by atoms with Gasteiger partial charge in [0.05, 0.1) is 4.92 Å². The van der Waals surface area contributed by atoms with E-state index in [1.54, 1.807) is 6.92 Å². The zero-order valence-electron chi connectivity index (χ0n) is 13.6. The Hall–Kier alpha value is -2.97. The highest BCUT2D eigenvalue weighted by Gasteiger charge is 2.24. The van der Waals surface area contributed by atoms with Crippen molar-refractivity contribution in [3.8, 4) is 5.75 Å². The Labute approximate surface area is 138 Å². The minimum atomic E-state index is -0.504. The van der Waals surface area contributed by atoms with Gasteiger partial charge in [0.1, 0.15) is 11.8 Å². The Morgan fingerprint density at radius 2 is 2.04 bits per heavy atom. The molecule has 0 spiro atoms. The molecule has 1 N–H and O–H groups in total. The van der Waals surface area contributed by atoms with Crippen molar-refractivity contribution in [3.63, 3.8) is 0 Å². The van der Waals surface area contributed by atoms with E-state index >= 15 is 0 Å². The highest BCUT2D eigenvalue weighted by Crippen LogP contribution is 2.20. The van der Waals surface area contributed by atoms with Gasteiger partial charge in [-0.3, -0.25) is 14.9 Å². The highest BCUT2D eigenvalue weighted by atomic mass is 16.6. The van der Waals surface area contributed by atoms with E-state index in [2.05, 4.69) is 15.5 Å². The first-order valence-electron chi connectivity index (χ1n) is 7.33. The minimum absolute atomic E-state index is 0.0431. The number of carbonyl (C=O) groups is 1. The van der Waals surface area contributed by atoms with Crippen LogP contribution < -0.4 is 10.1 Å². The van der Waals surface area contributed by atoms with Crippen molar-refractivity contribution in [1.29, 1.82) is 0 Å². The number of aryl methyl sites for hydroxylation is 1. The third-order valence-electron chi connectivity index (χ3n) is 3.21. The number of non-ortho nitro benzene ring substituents is 1. The van der Waals surface area contributed by atoms with Gasteiger partial charge in [-0.1, -0.05) is 19.0 Å². The molecule has 128 valence electrons. The summed E-state index contributed by atoms with van der Waals surface area (Å²) < 4.78 is 10.4. The van der Waals surface area contributed by atoms with Gasteiger partial charge < -0.3 is 14.6 Å². The summed E-state index contributed by atoms with van der Waals surface area (Å²) in [6.45, 7) is 5.31. The molecule has 2 aromatic rings. The van der Waals surface area contributed by atoms with Gasteiger partial charge in [-0.2, -0.15) is 4.98 Å². The van der Waals surface area contributed by atoms with Crippen molar-refractivity contribution < 1.29 is 19.0 Å². The van der Waals surface area contributed by atoms with Gasteiger partial charge >= 0.3 is 0 Å². The fourth-order valence-corrected chi connectivity index (χ4v) is 1.98. The predicted octanol–water partition coefficient (Wildman–Crippen LogP) is 2.18. The molecule has 1 heterocycles. The van der Waals surface area contributed by atoms with E-state index in [1.807, 2.05) is 13.8 Å². The molecule has 9 heteroatoms. The first kappa shape index (κ1) is 17.4. The van der Waals surface area contributed by atoms with Crippen LogP contribution in [0.25, 0.3) is 0 Å². The van der Waals surface area contributed by atoms with Crippen LogP contribution in [0.1, 0.15) is 31.6 Å². The number of rotatable bonds is 7. The number of aromatic nitrogens is 2. The predicted molar refractivity (Wildman–Crippen MR) is 83.3 cm³/mol. The summed E-state index contributed by atoms with van der Waals surface area (Å²) in [7, 11) is 0. The number of ether oxygens (including phenoxy) is 1. The molecule has 0 aliphatic heterocycles. The number of nitro groups is 1. The molecule has 0 aliphatic rings. The van der Waals surface area contributed by atoms with Gasteiger partial charge in [0.2, 0.25) is 5.89 Å². The fraction of sp³-hybridized carbons (Fsp3) is 0.400. The third-order valence-corrected chi connectivity index (χ3v) is 3.21. The molecule has 0 radical (unpaired) electrons. The molecule has 1 unspecified atom stereocenters. The van der Waals surface area contributed by atoms with Crippen molar-refractivity contribution in [2.45, 2.75) is 26.8 Å². The number of nitrogens with zero attached hydrogens (tertiary/aromatic N) is 3. The Morgan fingerprint density at radius 1 is 1.38 bits per heavy atom. The van der Waals surface area contributed by atoms with E-state index < -0.39 is 11.0 Å². The second-order valence-corrected chi connectivity index (χ2v) is 5.51. The molecule has 1 atom stereocenters. The number of benzene rings is 1. The highest BCUT2D eigenvalue weighted by molar-refractivity contribution is 5.77. The van der Waals surface area contributed by atoms with Crippen LogP contribution in [0.3, 0.4) is 0 Å². The molecule has 9 nitrogen and oxygen atoms in total. The van der Waals surface area contributed by atoms with E-state index in [0.29, 0.717) is 17.5 Å². The molecule has 2 rings (SSSR count). The lowest BCUT2D eigenvalue weighted by Gasteiger charge is -2.18. The summed E-state index contributed by atoms with van der Waals surface area (Å²) in [4.78, 5) is 26.3. The van der Waals surface area contributed by atoms with Crippen molar-refractivity contribution >= 4 is 11.6 Å². The smallest absolute Gasteiger partial charge is 0.269 e. The minimum Gasteiger partial charge on any atom is -0.484 e. The molecule has 1 aromatic heterocycles. The monoisotopic (exact) mass is 334 g/mol. The maximum absolute atomic E-state index is 12.1. The number of nitrogens with one attached hydrogen (secondary N) is 1. The average Bonchev–Trinajstić information content (AvgIpc) is 2.96. The van der Waals surface area contributed by atoms with Crippen LogP contribution in [0.4, 0.5) is 5.69 Å². The average molecular weight is 334 g/mol. The normalized spacial score (nSPS) is 12.0. The molecule has 1 amide bonds. The van der Waals surface area contributed by atoms with Gasteiger partial charge in [-0.15, -0.1) is 0 Å². The maximum atomic E-state index is 12.1. The van der Waals surface area contributed by atoms with E-state index in [1.165, 1.54) is 24.3 Å². The maximum Gasteiger partial charge on any atom is 0.269 e. The van der Waals surface area contributed by atoms with Gasteiger partial charge in [0, 0.05) is 12.1 Å². The Bertz CT molecular complexity index is 711. The van der Waals surface area contributed by atoms with E-state index in [9.17, 15) is 14.9 Å². The zero-order valence-corrected chi connectivity index (χ0v) is 13.6. The molecule has 1 aromatic carbocycles. The Balaban J connectivity index is 1.92. The van der Waals surface area contributed by atoms with E-state index in [0.717, 1.165) is 0 Å².